The van der Waals surface area contributed by atoms with E-state index in [9.17, 15) is 4.79 Å². The van der Waals surface area contributed by atoms with Crippen LogP contribution in [0.15, 0.2) is 47.2 Å². The second kappa shape index (κ2) is 8.11. The van der Waals surface area contributed by atoms with Crippen LogP contribution in [-0.2, 0) is 9.53 Å². The first-order chi connectivity index (χ1) is 11.3. The van der Waals surface area contributed by atoms with Gasteiger partial charge in [-0.3, -0.25) is 4.98 Å². The molecule has 24 heavy (non-hydrogen) atoms. The number of hydrogen-bond acceptors (Lipinski definition) is 4. The molecule has 0 saturated heterocycles. The summed E-state index contributed by atoms with van der Waals surface area (Å²) in [5.74, 6) is 0.203. The van der Waals surface area contributed by atoms with Crippen molar-refractivity contribution in [2.24, 2.45) is 0 Å². The Morgan fingerprint density at radius 2 is 1.96 bits per heavy atom. The standard InChI is InChI=1S/C19H20BrNO3/c1-19(2,3)24-18(22)13-23-17-9-8-14(11-16(17)20)6-7-15-5-4-10-21-12-15/h4-12H,13H2,1-3H3/b7-6+. The predicted octanol–water partition coefficient (Wildman–Crippen LogP) is 4.74. The van der Waals surface area contributed by atoms with Crippen molar-refractivity contribution in [1.29, 1.82) is 0 Å². The van der Waals surface area contributed by atoms with E-state index in [0.717, 1.165) is 15.6 Å². The molecule has 126 valence electrons. The third kappa shape index (κ3) is 6.16. The fourth-order valence-corrected chi connectivity index (χ4v) is 2.42. The van der Waals surface area contributed by atoms with Crippen molar-refractivity contribution >= 4 is 34.1 Å². The third-order valence-electron chi connectivity index (χ3n) is 2.87. The van der Waals surface area contributed by atoms with Crippen LogP contribution in [0.25, 0.3) is 12.2 Å². The first-order valence-electron chi connectivity index (χ1n) is 7.56. The number of pyridine rings is 1. The molecule has 5 heteroatoms. The van der Waals surface area contributed by atoms with Crippen molar-refractivity contribution in [3.8, 4) is 5.75 Å². The summed E-state index contributed by atoms with van der Waals surface area (Å²) in [6, 6.07) is 9.54. The molecule has 0 bridgehead atoms. The smallest absolute Gasteiger partial charge is 0.344 e. The summed E-state index contributed by atoms with van der Waals surface area (Å²) < 4.78 is 11.5. The van der Waals surface area contributed by atoms with Gasteiger partial charge in [0.05, 0.1) is 4.47 Å². The molecule has 2 rings (SSSR count). The summed E-state index contributed by atoms with van der Waals surface area (Å²) in [6.07, 6.45) is 7.50. The maximum atomic E-state index is 11.7. The van der Waals surface area contributed by atoms with Crippen LogP contribution >= 0.6 is 15.9 Å². The third-order valence-corrected chi connectivity index (χ3v) is 3.49. The maximum absolute atomic E-state index is 11.7. The van der Waals surface area contributed by atoms with E-state index < -0.39 is 11.6 Å². The van der Waals surface area contributed by atoms with E-state index in [1.54, 1.807) is 12.4 Å². The number of rotatable bonds is 5. The average Bonchev–Trinajstić information content (AvgIpc) is 2.51. The molecule has 0 atom stereocenters. The van der Waals surface area contributed by atoms with Gasteiger partial charge in [0.25, 0.3) is 0 Å². The Kier molecular flexibility index (Phi) is 6.15. The second-order valence-corrected chi connectivity index (χ2v) is 7.04. The van der Waals surface area contributed by atoms with E-state index in [4.69, 9.17) is 9.47 Å². The first kappa shape index (κ1) is 18.2. The quantitative estimate of drug-likeness (QED) is 0.693. The number of halogens is 1. The Balaban J connectivity index is 1.97. The van der Waals surface area contributed by atoms with Gasteiger partial charge in [0.2, 0.25) is 0 Å². The Morgan fingerprint density at radius 3 is 2.58 bits per heavy atom. The van der Waals surface area contributed by atoms with E-state index in [2.05, 4.69) is 20.9 Å². The highest BCUT2D eigenvalue weighted by atomic mass is 79.9. The molecule has 0 saturated carbocycles. The topological polar surface area (TPSA) is 48.4 Å². The van der Waals surface area contributed by atoms with Crippen molar-refractivity contribution in [3.05, 3.63) is 58.3 Å². The minimum absolute atomic E-state index is 0.124. The lowest BCUT2D eigenvalue weighted by Crippen LogP contribution is -2.27. The summed E-state index contributed by atoms with van der Waals surface area (Å²) >= 11 is 3.46. The molecule has 0 amide bonds. The van der Waals surface area contributed by atoms with E-state index >= 15 is 0 Å². The Labute approximate surface area is 150 Å². The lowest BCUT2D eigenvalue weighted by molar-refractivity contribution is -0.157. The molecule has 0 aliphatic rings. The van der Waals surface area contributed by atoms with Gasteiger partial charge in [0.15, 0.2) is 6.61 Å². The summed E-state index contributed by atoms with van der Waals surface area (Å²) in [7, 11) is 0. The van der Waals surface area contributed by atoms with Crippen molar-refractivity contribution < 1.29 is 14.3 Å². The van der Waals surface area contributed by atoms with Crippen LogP contribution in [0.4, 0.5) is 0 Å². The summed E-state index contributed by atoms with van der Waals surface area (Å²) in [5, 5.41) is 0. The summed E-state index contributed by atoms with van der Waals surface area (Å²) in [5.41, 5.74) is 1.52. The van der Waals surface area contributed by atoms with E-state index in [0.29, 0.717) is 5.75 Å². The van der Waals surface area contributed by atoms with E-state index in [1.165, 1.54) is 0 Å². The number of esters is 1. The van der Waals surface area contributed by atoms with Crippen LogP contribution in [0.2, 0.25) is 0 Å². The lowest BCUT2D eigenvalue weighted by atomic mass is 10.1. The minimum atomic E-state index is -0.515. The van der Waals surface area contributed by atoms with Gasteiger partial charge in [-0.2, -0.15) is 0 Å². The zero-order valence-corrected chi connectivity index (χ0v) is 15.5. The maximum Gasteiger partial charge on any atom is 0.344 e. The van der Waals surface area contributed by atoms with Crippen molar-refractivity contribution in [2.45, 2.75) is 26.4 Å². The van der Waals surface area contributed by atoms with Gasteiger partial charge in [-0.15, -0.1) is 0 Å². The molecule has 0 spiro atoms. The van der Waals surface area contributed by atoms with Crippen LogP contribution in [-0.4, -0.2) is 23.2 Å². The average molecular weight is 390 g/mol. The van der Waals surface area contributed by atoms with Gasteiger partial charge in [-0.05, 0) is 66.0 Å². The van der Waals surface area contributed by atoms with Gasteiger partial charge in [0.1, 0.15) is 11.4 Å². The number of hydrogen-bond donors (Lipinski definition) is 0. The van der Waals surface area contributed by atoms with Crippen LogP contribution in [0.5, 0.6) is 5.75 Å². The molecule has 1 heterocycles. The molecular weight excluding hydrogens is 370 g/mol. The molecule has 0 aliphatic heterocycles. The minimum Gasteiger partial charge on any atom is -0.481 e. The molecule has 1 aromatic carbocycles. The summed E-state index contributed by atoms with van der Waals surface area (Å²) in [4.78, 5) is 15.8. The fraction of sp³-hybridized carbons (Fsp3) is 0.263. The number of carbonyl (C=O) groups excluding carboxylic acids is 1. The predicted molar refractivity (Wildman–Crippen MR) is 98.6 cm³/mol. The number of nitrogens with zero attached hydrogens (tertiary/aromatic N) is 1. The summed E-state index contributed by atoms with van der Waals surface area (Å²) in [6.45, 7) is 5.35. The first-order valence-corrected chi connectivity index (χ1v) is 8.35. The zero-order valence-electron chi connectivity index (χ0n) is 14.0. The molecular formula is C19H20BrNO3. The van der Waals surface area contributed by atoms with Gasteiger partial charge in [-0.1, -0.05) is 24.3 Å². The largest absolute Gasteiger partial charge is 0.481 e. The van der Waals surface area contributed by atoms with Crippen LogP contribution in [0.3, 0.4) is 0 Å². The normalized spacial score (nSPS) is 11.5. The monoisotopic (exact) mass is 389 g/mol. The molecule has 0 unspecified atom stereocenters. The fourth-order valence-electron chi connectivity index (χ4n) is 1.91. The molecule has 0 fully saturated rings. The molecule has 0 aliphatic carbocycles. The molecule has 0 N–H and O–H groups in total. The Morgan fingerprint density at radius 1 is 1.21 bits per heavy atom. The highest BCUT2D eigenvalue weighted by molar-refractivity contribution is 9.10. The Bertz CT molecular complexity index is 721. The van der Waals surface area contributed by atoms with Crippen LogP contribution in [0.1, 0.15) is 31.9 Å². The van der Waals surface area contributed by atoms with Gasteiger partial charge >= 0.3 is 5.97 Å². The van der Waals surface area contributed by atoms with Crippen LogP contribution in [0, 0.1) is 0 Å². The van der Waals surface area contributed by atoms with Crippen LogP contribution < -0.4 is 4.74 Å². The number of carbonyl (C=O) groups is 1. The Hall–Kier alpha value is -2.14. The second-order valence-electron chi connectivity index (χ2n) is 6.18. The van der Waals surface area contributed by atoms with Gasteiger partial charge in [-0.25, -0.2) is 4.79 Å². The van der Waals surface area contributed by atoms with Gasteiger partial charge in [0, 0.05) is 12.4 Å². The number of benzene rings is 1. The highest BCUT2D eigenvalue weighted by Gasteiger charge is 2.16. The molecule has 1 aromatic heterocycles. The highest BCUT2D eigenvalue weighted by Crippen LogP contribution is 2.27. The number of aromatic nitrogens is 1. The van der Waals surface area contributed by atoms with Gasteiger partial charge < -0.3 is 9.47 Å². The van der Waals surface area contributed by atoms with E-state index in [-0.39, 0.29) is 6.61 Å². The number of ether oxygens (including phenoxy) is 2. The molecule has 2 aromatic rings. The molecule has 0 radical (unpaired) electrons. The van der Waals surface area contributed by atoms with Crippen molar-refractivity contribution in [1.82, 2.24) is 4.98 Å². The SMILES string of the molecule is CC(C)(C)OC(=O)COc1ccc(/C=C/c2cccnc2)cc1Br. The van der Waals surface area contributed by atoms with E-state index in [1.807, 2.05) is 63.3 Å². The van der Waals surface area contributed by atoms with Crippen molar-refractivity contribution in [3.63, 3.8) is 0 Å². The molecule has 4 nitrogen and oxygen atoms in total. The zero-order chi connectivity index (χ0) is 17.6. The lowest BCUT2D eigenvalue weighted by Gasteiger charge is -2.19. The van der Waals surface area contributed by atoms with Crippen molar-refractivity contribution in [2.75, 3.05) is 6.61 Å².